The fourth-order valence-corrected chi connectivity index (χ4v) is 3.47. The molecule has 0 aliphatic carbocycles. The molecule has 0 saturated carbocycles. The first kappa shape index (κ1) is 18.2. The van der Waals surface area contributed by atoms with Crippen LogP contribution in [0.15, 0.2) is 36.4 Å². The smallest absolute Gasteiger partial charge is 0.323 e. The maximum atomic E-state index is 12.3. The molecule has 7 heteroatoms. The number of hydrogen-bond donors (Lipinski definition) is 2. The van der Waals surface area contributed by atoms with E-state index in [1.165, 1.54) is 0 Å². The van der Waals surface area contributed by atoms with E-state index in [0.717, 1.165) is 30.6 Å². The fourth-order valence-electron chi connectivity index (χ4n) is 3.47. The van der Waals surface area contributed by atoms with E-state index in [1.807, 2.05) is 23.1 Å². The number of amides is 3. The Hall–Kier alpha value is -3.22. The molecule has 0 saturated heterocycles. The van der Waals surface area contributed by atoms with E-state index in [9.17, 15) is 9.59 Å². The average Bonchev–Trinajstić information content (AvgIpc) is 3.15. The van der Waals surface area contributed by atoms with Crippen molar-refractivity contribution in [3.8, 4) is 11.5 Å². The molecule has 2 heterocycles. The van der Waals surface area contributed by atoms with Crippen LogP contribution in [0.3, 0.4) is 0 Å². The summed E-state index contributed by atoms with van der Waals surface area (Å²) in [5.41, 5.74) is 3.35. The summed E-state index contributed by atoms with van der Waals surface area (Å²) in [5, 5.41) is 5.65. The molecule has 0 radical (unpaired) electrons. The maximum absolute atomic E-state index is 12.3. The van der Waals surface area contributed by atoms with E-state index in [-0.39, 0.29) is 18.7 Å². The molecule has 0 atom stereocenters. The first-order valence-corrected chi connectivity index (χ1v) is 9.55. The van der Waals surface area contributed by atoms with E-state index in [0.29, 0.717) is 35.7 Å². The third-order valence-corrected chi connectivity index (χ3v) is 4.90. The van der Waals surface area contributed by atoms with Crippen LogP contribution in [0, 0.1) is 0 Å². The first-order valence-electron chi connectivity index (χ1n) is 9.55. The van der Waals surface area contributed by atoms with Gasteiger partial charge in [-0.2, -0.15) is 0 Å². The summed E-state index contributed by atoms with van der Waals surface area (Å²) in [6.45, 7) is 3.04. The van der Waals surface area contributed by atoms with Gasteiger partial charge in [0, 0.05) is 36.1 Å². The zero-order valence-electron chi connectivity index (χ0n) is 15.8. The largest absolute Gasteiger partial charge is 0.454 e. The normalized spacial score (nSPS) is 14.6. The van der Waals surface area contributed by atoms with Gasteiger partial charge in [0.2, 0.25) is 12.7 Å². The molecule has 0 bridgehead atoms. The minimum atomic E-state index is -0.339. The highest BCUT2D eigenvalue weighted by Crippen LogP contribution is 2.34. The van der Waals surface area contributed by atoms with E-state index in [4.69, 9.17) is 9.47 Å². The number of urea groups is 1. The lowest BCUT2D eigenvalue weighted by molar-refractivity contribution is -0.118. The number of nitrogens with zero attached hydrogens (tertiary/aromatic N) is 1. The van der Waals surface area contributed by atoms with Crippen molar-refractivity contribution in [2.75, 3.05) is 28.9 Å². The predicted octanol–water partition coefficient (Wildman–Crippen LogP) is 4.14. The molecule has 4 rings (SSSR count). The van der Waals surface area contributed by atoms with Crippen LogP contribution in [0.1, 0.15) is 31.7 Å². The molecule has 2 N–H and O–H groups in total. The lowest BCUT2D eigenvalue weighted by atomic mass is 10.00. The van der Waals surface area contributed by atoms with Gasteiger partial charge in [0.1, 0.15) is 0 Å². The van der Waals surface area contributed by atoms with Gasteiger partial charge in [0.15, 0.2) is 11.5 Å². The second kappa shape index (κ2) is 7.80. The number of carbonyl (C=O) groups excluding carboxylic acids is 2. The molecule has 0 spiro atoms. The maximum Gasteiger partial charge on any atom is 0.323 e. The number of ether oxygens (including phenoxy) is 2. The molecule has 2 aliphatic rings. The fraction of sp³-hybridized carbons (Fsp3) is 0.333. The molecule has 2 aliphatic heterocycles. The molecule has 7 nitrogen and oxygen atoms in total. The predicted molar refractivity (Wildman–Crippen MR) is 107 cm³/mol. The van der Waals surface area contributed by atoms with Crippen LogP contribution >= 0.6 is 0 Å². The zero-order chi connectivity index (χ0) is 19.5. The Morgan fingerprint density at radius 1 is 1.04 bits per heavy atom. The Morgan fingerprint density at radius 3 is 2.61 bits per heavy atom. The molecule has 146 valence electrons. The van der Waals surface area contributed by atoms with E-state index in [2.05, 4.69) is 17.6 Å². The highest BCUT2D eigenvalue weighted by molar-refractivity contribution is 6.01. The van der Waals surface area contributed by atoms with Crippen molar-refractivity contribution in [1.82, 2.24) is 0 Å². The van der Waals surface area contributed by atoms with E-state index in [1.54, 1.807) is 18.2 Å². The van der Waals surface area contributed by atoms with Gasteiger partial charge in [-0.1, -0.05) is 13.3 Å². The average molecular weight is 381 g/mol. The van der Waals surface area contributed by atoms with Crippen LogP contribution in [0.5, 0.6) is 11.5 Å². The topological polar surface area (TPSA) is 79.9 Å². The van der Waals surface area contributed by atoms with Crippen molar-refractivity contribution in [3.05, 3.63) is 42.0 Å². The Labute approximate surface area is 163 Å². The lowest BCUT2D eigenvalue weighted by Crippen LogP contribution is -2.35. The molecule has 28 heavy (non-hydrogen) atoms. The molecular formula is C21H23N3O4. The van der Waals surface area contributed by atoms with Crippen molar-refractivity contribution in [2.45, 2.75) is 32.6 Å². The number of hydrogen-bond acceptors (Lipinski definition) is 4. The van der Waals surface area contributed by atoms with Gasteiger partial charge in [0.25, 0.3) is 0 Å². The number of fused-ring (bicyclic) bond motifs is 2. The summed E-state index contributed by atoms with van der Waals surface area (Å²) in [6, 6.07) is 10.6. The lowest BCUT2D eigenvalue weighted by Gasteiger charge is -2.29. The van der Waals surface area contributed by atoms with Crippen molar-refractivity contribution in [3.63, 3.8) is 0 Å². The SMILES string of the molecule is CCCCN1C(=O)CCc2cc(NC(=O)Nc3ccc4c(c3)OCO4)ccc21. The second-order valence-electron chi connectivity index (χ2n) is 6.89. The summed E-state index contributed by atoms with van der Waals surface area (Å²) in [7, 11) is 0. The van der Waals surface area contributed by atoms with E-state index >= 15 is 0 Å². The minimum Gasteiger partial charge on any atom is -0.454 e. The zero-order valence-corrected chi connectivity index (χ0v) is 15.8. The standard InChI is InChI=1S/C21H23N3O4/c1-2-3-10-24-17-7-5-15(11-14(17)4-9-20(24)25)22-21(26)23-16-6-8-18-19(12-16)28-13-27-18/h5-8,11-12H,2-4,9-10,13H2,1H3,(H2,22,23,26). The highest BCUT2D eigenvalue weighted by Gasteiger charge is 2.24. The number of benzene rings is 2. The third-order valence-electron chi connectivity index (χ3n) is 4.90. The summed E-state index contributed by atoms with van der Waals surface area (Å²) >= 11 is 0. The van der Waals surface area contributed by atoms with Gasteiger partial charge in [-0.25, -0.2) is 4.79 Å². The second-order valence-corrected chi connectivity index (χ2v) is 6.89. The van der Waals surface area contributed by atoms with Crippen LogP contribution in [0.25, 0.3) is 0 Å². The number of nitrogens with one attached hydrogen (secondary N) is 2. The monoisotopic (exact) mass is 381 g/mol. The van der Waals surface area contributed by atoms with Crippen LogP contribution in [0.2, 0.25) is 0 Å². The Bertz CT molecular complexity index is 913. The molecule has 2 aromatic rings. The number of unbranched alkanes of at least 4 members (excludes halogenated alkanes) is 1. The number of aryl methyl sites for hydroxylation is 1. The number of rotatable bonds is 5. The molecule has 0 fully saturated rings. The third kappa shape index (κ3) is 3.74. The van der Waals surface area contributed by atoms with Gasteiger partial charge in [-0.3, -0.25) is 4.79 Å². The van der Waals surface area contributed by atoms with Gasteiger partial charge < -0.3 is 25.0 Å². The summed E-state index contributed by atoms with van der Waals surface area (Å²) in [4.78, 5) is 26.4. The van der Waals surface area contributed by atoms with Gasteiger partial charge >= 0.3 is 6.03 Å². The van der Waals surface area contributed by atoms with Gasteiger partial charge in [-0.05, 0) is 48.7 Å². The molecule has 0 unspecified atom stereocenters. The van der Waals surface area contributed by atoms with Crippen molar-refractivity contribution in [1.29, 1.82) is 0 Å². The Balaban J connectivity index is 1.44. The molecular weight excluding hydrogens is 358 g/mol. The van der Waals surface area contributed by atoms with Crippen LogP contribution in [-0.2, 0) is 11.2 Å². The molecule has 0 aromatic heterocycles. The van der Waals surface area contributed by atoms with Crippen LogP contribution in [-0.4, -0.2) is 25.3 Å². The highest BCUT2D eigenvalue weighted by atomic mass is 16.7. The van der Waals surface area contributed by atoms with E-state index < -0.39 is 0 Å². The number of carbonyl (C=O) groups is 2. The summed E-state index contributed by atoms with van der Waals surface area (Å²) < 4.78 is 10.6. The minimum absolute atomic E-state index is 0.169. The summed E-state index contributed by atoms with van der Waals surface area (Å²) in [6.07, 6.45) is 3.21. The Kier molecular flexibility index (Phi) is 5.06. The van der Waals surface area contributed by atoms with Gasteiger partial charge in [0.05, 0.1) is 0 Å². The first-order chi connectivity index (χ1) is 13.6. The van der Waals surface area contributed by atoms with Crippen LogP contribution in [0.4, 0.5) is 21.9 Å². The van der Waals surface area contributed by atoms with Gasteiger partial charge in [-0.15, -0.1) is 0 Å². The van der Waals surface area contributed by atoms with Crippen molar-refractivity contribution in [2.24, 2.45) is 0 Å². The molecule has 2 aromatic carbocycles. The Morgan fingerprint density at radius 2 is 1.79 bits per heavy atom. The van der Waals surface area contributed by atoms with Crippen molar-refractivity contribution >= 4 is 29.0 Å². The molecule has 3 amide bonds. The summed E-state index contributed by atoms with van der Waals surface area (Å²) in [5.74, 6) is 1.45. The quantitative estimate of drug-likeness (QED) is 0.816. The van der Waals surface area contributed by atoms with Crippen molar-refractivity contribution < 1.29 is 19.1 Å². The van der Waals surface area contributed by atoms with Crippen LogP contribution < -0.4 is 25.0 Å². The number of anilines is 3.